The molecule has 2 aromatic heterocycles. The molecule has 354 valence electrons. The number of hydrogen-bond acceptors (Lipinski definition) is 12. The van der Waals surface area contributed by atoms with Crippen LogP contribution in [0.3, 0.4) is 0 Å². The fourth-order valence-corrected chi connectivity index (χ4v) is 7.97. The van der Waals surface area contributed by atoms with Gasteiger partial charge in [-0.15, -0.1) is 11.8 Å². The lowest BCUT2D eigenvalue weighted by molar-refractivity contribution is 0.0276. The van der Waals surface area contributed by atoms with E-state index in [0.717, 1.165) is 78.8 Å². The molecule has 0 radical (unpaired) electrons. The Labute approximate surface area is 414 Å². The molecule has 68 heavy (non-hydrogen) atoms. The third-order valence-corrected chi connectivity index (χ3v) is 12.4. The molecule has 3 aliphatic rings. The van der Waals surface area contributed by atoms with Crippen LogP contribution in [0.2, 0.25) is 15.3 Å². The van der Waals surface area contributed by atoms with Gasteiger partial charge < -0.3 is 46.1 Å². The Bertz CT molecular complexity index is 2580. The van der Waals surface area contributed by atoms with Gasteiger partial charge in [0.2, 0.25) is 0 Å². The zero-order valence-corrected chi connectivity index (χ0v) is 40.2. The number of morpholine rings is 3. The molecule has 0 aliphatic carbocycles. The molecule has 0 spiro atoms. The minimum atomic E-state index is -0.292. The number of rotatable bonds is 10. The van der Waals surface area contributed by atoms with Crippen LogP contribution in [-0.4, -0.2) is 93.0 Å². The second-order valence-corrected chi connectivity index (χ2v) is 17.5. The van der Waals surface area contributed by atoms with Crippen LogP contribution in [0.5, 0.6) is 0 Å². The summed E-state index contributed by atoms with van der Waals surface area (Å²) < 4.78 is 17.1. The van der Waals surface area contributed by atoms with Crippen molar-refractivity contribution in [2.75, 3.05) is 81.3 Å². The Kier molecular flexibility index (Phi) is 19.1. The van der Waals surface area contributed by atoms with Crippen molar-refractivity contribution in [3.8, 4) is 0 Å². The van der Waals surface area contributed by atoms with Crippen molar-refractivity contribution in [1.29, 1.82) is 0 Å². The van der Waals surface area contributed by atoms with Crippen LogP contribution in [0.1, 0.15) is 66.1 Å². The van der Waals surface area contributed by atoms with Gasteiger partial charge in [-0.3, -0.25) is 14.4 Å². The largest absolute Gasteiger partial charge is 0.371 e. The number of anilines is 3. The smallest absolute Gasteiger partial charge is 0.257 e. The van der Waals surface area contributed by atoms with E-state index in [1.54, 1.807) is 17.8 Å². The van der Waals surface area contributed by atoms with Crippen LogP contribution in [0.4, 0.5) is 17.1 Å². The first kappa shape index (κ1) is 50.4. The van der Waals surface area contributed by atoms with E-state index in [1.165, 1.54) is 24.5 Å². The van der Waals surface area contributed by atoms with E-state index in [-0.39, 0.29) is 46.2 Å². The summed E-state index contributed by atoms with van der Waals surface area (Å²) in [4.78, 5) is 45.4. The lowest BCUT2D eigenvalue weighted by Gasteiger charge is -2.24. The molecule has 3 aliphatic heterocycles. The summed E-state index contributed by atoms with van der Waals surface area (Å²) in [6, 6.07) is 35.3. The zero-order chi connectivity index (χ0) is 47.7. The van der Waals surface area contributed by atoms with Crippen LogP contribution in [0, 0.1) is 0 Å². The summed E-state index contributed by atoms with van der Waals surface area (Å²) in [5.74, 6) is -0.604. The Morgan fingerprint density at radius 1 is 0.544 bits per heavy atom. The van der Waals surface area contributed by atoms with Gasteiger partial charge in [-0.2, -0.15) is 0 Å². The van der Waals surface area contributed by atoms with Crippen molar-refractivity contribution in [2.45, 2.75) is 23.2 Å². The number of halogens is 3. The highest BCUT2D eigenvalue weighted by molar-refractivity contribution is 7.98. The molecule has 9 rings (SSSR count). The van der Waals surface area contributed by atoms with Crippen LogP contribution >= 0.6 is 46.6 Å². The highest BCUT2D eigenvalue weighted by atomic mass is 35.5. The molecular formula is C50H51Cl3N8O6S. The van der Waals surface area contributed by atoms with Gasteiger partial charge in [0.25, 0.3) is 17.7 Å². The van der Waals surface area contributed by atoms with E-state index < -0.39 is 0 Å². The molecule has 6 N–H and O–H groups in total. The molecule has 6 aromatic rings. The van der Waals surface area contributed by atoms with Crippen LogP contribution in [0.15, 0.2) is 133 Å². The average molecular weight is 998 g/mol. The maximum atomic E-state index is 12.2. The van der Waals surface area contributed by atoms with Crippen molar-refractivity contribution in [1.82, 2.24) is 25.9 Å². The van der Waals surface area contributed by atoms with Crippen molar-refractivity contribution >= 4 is 81.3 Å². The lowest BCUT2D eigenvalue weighted by atomic mass is 10.1. The standard InChI is InChI=1S/C18H20N2O2S.C16H15Cl2N3O2.C16H16ClN3O2/c1-23-16-8-4-14(5-9-16)18(21)20-15-6-2-13(3-7-15)17-12-19-10-11-22-17;17-13-7-11(8-20-15(13)18)16(22)21-12-3-1-10(2-4-12)14-9-19-5-6-23-14;17-15-9-12(5-6-19-15)16(21)20-13-3-1-11(2-4-13)14-10-18-7-8-22-14/h2-9,17,19H,10-12H2,1H3,(H,20,21);1-4,7-8,14,19H,5-6,9H2,(H,21,22);1-6,9,14,18H,7-8,10H2,(H,20,21). The van der Waals surface area contributed by atoms with Crippen molar-refractivity contribution in [3.05, 3.63) is 176 Å². The number of aromatic nitrogens is 2. The van der Waals surface area contributed by atoms with Gasteiger partial charge in [0.15, 0.2) is 0 Å². The molecule has 3 saturated heterocycles. The Morgan fingerprint density at radius 3 is 1.35 bits per heavy atom. The summed E-state index contributed by atoms with van der Waals surface area (Å²) in [7, 11) is 0. The minimum Gasteiger partial charge on any atom is -0.371 e. The second-order valence-electron chi connectivity index (χ2n) is 15.5. The van der Waals surface area contributed by atoms with E-state index >= 15 is 0 Å². The molecule has 3 unspecified atom stereocenters. The lowest BCUT2D eigenvalue weighted by Crippen LogP contribution is -2.33. The summed E-state index contributed by atoms with van der Waals surface area (Å²) >= 11 is 19.1. The number of hydrogen-bond donors (Lipinski definition) is 6. The van der Waals surface area contributed by atoms with Crippen molar-refractivity contribution < 1.29 is 28.6 Å². The molecule has 0 bridgehead atoms. The molecule has 14 nitrogen and oxygen atoms in total. The summed E-state index contributed by atoms with van der Waals surface area (Å²) in [6.07, 6.45) is 5.12. The molecule has 0 saturated carbocycles. The van der Waals surface area contributed by atoms with Crippen LogP contribution in [-0.2, 0) is 14.2 Å². The summed E-state index contributed by atoms with van der Waals surface area (Å²) in [5, 5.41) is 19.2. The Morgan fingerprint density at radius 2 is 0.971 bits per heavy atom. The topological polar surface area (TPSA) is 177 Å². The molecule has 3 atom stereocenters. The number of pyridine rings is 2. The number of nitrogens with one attached hydrogen (secondary N) is 6. The number of amides is 3. The van der Waals surface area contributed by atoms with E-state index in [1.807, 2.05) is 103 Å². The van der Waals surface area contributed by atoms with Gasteiger partial charge in [-0.1, -0.05) is 71.2 Å². The predicted molar refractivity (Wildman–Crippen MR) is 270 cm³/mol. The maximum absolute atomic E-state index is 12.2. The number of ether oxygens (including phenoxy) is 3. The SMILES string of the molecule is CSc1ccc(C(=O)Nc2ccc(C3CNCCO3)cc2)cc1.O=C(Nc1ccc(C2CNCCO2)cc1)c1ccnc(Cl)c1.O=C(Nc1ccc(C2CNCCO2)cc1)c1cnc(Cl)c(Cl)c1. The third-order valence-electron chi connectivity index (χ3n) is 10.8. The minimum absolute atomic E-state index is 0.0489. The fourth-order valence-electron chi connectivity index (χ4n) is 7.12. The Hall–Kier alpha value is -5.43. The highest BCUT2D eigenvalue weighted by Crippen LogP contribution is 2.25. The first-order chi connectivity index (χ1) is 33.1. The van der Waals surface area contributed by atoms with E-state index in [0.29, 0.717) is 40.7 Å². The first-order valence-corrected chi connectivity index (χ1v) is 24.3. The van der Waals surface area contributed by atoms with Crippen LogP contribution in [0.25, 0.3) is 0 Å². The second kappa shape index (κ2) is 25.8. The number of nitrogens with zero attached hydrogens (tertiary/aromatic N) is 2. The van der Waals surface area contributed by atoms with E-state index in [2.05, 4.69) is 41.9 Å². The monoisotopic (exact) mass is 996 g/mol. The summed E-state index contributed by atoms with van der Waals surface area (Å²) in [5.41, 5.74) is 6.98. The molecular weight excluding hydrogens is 947 g/mol. The molecule has 3 fully saturated rings. The predicted octanol–water partition coefficient (Wildman–Crippen LogP) is 9.27. The fraction of sp³-hybridized carbons (Fsp3) is 0.260. The normalized spacial score (nSPS) is 17.8. The first-order valence-electron chi connectivity index (χ1n) is 21.9. The van der Waals surface area contributed by atoms with E-state index in [4.69, 9.17) is 49.0 Å². The molecule has 4 aromatic carbocycles. The third kappa shape index (κ3) is 15.0. The number of thioether (sulfide) groups is 1. The quantitative estimate of drug-likeness (QED) is 0.0568. The van der Waals surface area contributed by atoms with Gasteiger partial charge in [0.1, 0.15) is 10.3 Å². The number of benzene rings is 4. The zero-order valence-electron chi connectivity index (χ0n) is 37.1. The molecule has 5 heterocycles. The van der Waals surface area contributed by atoms with E-state index in [9.17, 15) is 14.4 Å². The van der Waals surface area contributed by atoms with Crippen molar-refractivity contribution in [2.24, 2.45) is 0 Å². The van der Waals surface area contributed by atoms with Crippen molar-refractivity contribution in [3.63, 3.8) is 0 Å². The molecule has 18 heteroatoms. The van der Waals surface area contributed by atoms with Gasteiger partial charge >= 0.3 is 0 Å². The Balaban J connectivity index is 0.000000151. The number of carbonyl (C=O) groups excluding carboxylic acids is 3. The van der Waals surface area contributed by atoms with Gasteiger partial charge in [-0.25, -0.2) is 9.97 Å². The van der Waals surface area contributed by atoms with Gasteiger partial charge in [0, 0.05) is 84.7 Å². The van der Waals surface area contributed by atoms with Gasteiger partial charge in [-0.05, 0) is 102 Å². The van der Waals surface area contributed by atoms with Gasteiger partial charge in [0.05, 0.1) is 48.7 Å². The highest BCUT2D eigenvalue weighted by Gasteiger charge is 2.19. The number of carbonyl (C=O) groups is 3. The maximum Gasteiger partial charge on any atom is 0.257 e. The molecule has 3 amide bonds. The average Bonchev–Trinajstić information content (AvgIpc) is 3.39. The summed E-state index contributed by atoms with van der Waals surface area (Å²) in [6.45, 7) is 7.24. The van der Waals surface area contributed by atoms with Crippen LogP contribution < -0.4 is 31.9 Å².